The molecule has 1 amide bonds. The number of amides is 1. The molecule has 0 bridgehead atoms. The first-order valence-electron chi connectivity index (χ1n) is 7.73. The summed E-state index contributed by atoms with van der Waals surface area (Å²) in [4.78, 5) is 13.8. The van der Waals surface area contributed by atoms with Crippen molar-refractivity contribution in [2.45, 2.75) is 39.2 Å². The topological polar surface area (TPSA) is 79.3 Å². The van der Waals surface area contributed by atoms with Gasteiger partial charge in [-0.15, -0.1) is 0 Å². The molecule has 0 aliphatic carbocycles. The van der Waals surface area contributed by atoms with E-state index < -0.39 is 5.60 Å². The summed E-state index contributed by atoms with van der Waals surface area (Å²) in [6.07, 6.45) is 2.80. The van der Waals surface area contributed by atoms with Crippen LogP contribution in [0.15, 0.2) is 24.3 Å². The standard InChI is InChI=1S/C18H23N3O2/c1-18(2,3)23-17(22)21-10-7-14(8-11-21)15-12-13(6-9-19)4-5-16(15)20/h4-5,7,12H,6,8,10-11,20H2,1-3H3. The van der Waals surface area contributed by atoms with Gasteiger partial charge in [-0.05, 0) is 50.5 Å². The number of nitrogens with two attached hydrogens (primary N) is 1. The van der Waals surface area contributed by atoms with Crippen molar-refractivity contribution in [1.82, 2.24) is 4.90 Å². The molecule has 23 heavy (non-hydrogen) atoms. The van der Waals surface area contributed by atoms with Gasteiger partial charge in [-0.25, -0.2) is 4.79 Å². The Morgan fingerprint density at radius 1 is 1.43 bits per heavy atom. The molecule has 5 heteroatoms. The first kappa shape index (κ1) is 16.9. The highest BCUT2D eigenvalue weighted by Gasteiger charge is 2.24. The van der Waals surface area contributed by atoms with E-state index in [1.165, 1.54) is 0 Å². The molecule has 0 fully saturated rings. The van der Waals surface area contributed by atoms with Gasteiger partial charge >= 0.3 is 6.09 Å². The van der Waals surface area contributed by atoms with E-state index in [1.807, 2.05) is 45.0 Å². The fraction of sp³-hybridized carbons (Fsp3) is 0.444. The molecular formula is C18H23N3O2. The molecule has 2 N–H and O–H groups in total. The third-order valence-corrected chi connectivity index (χ3v) is 3.61. The molecule has 1 aliphatic heterocycles. The quantitative estimate of drug-likeness (QED) is 0.849. The second-order valence-corrected chi connectivity index (χ2v) is 6.66. The maximum Gasteiger partial charge on any atom is 0.410 e. The van der Waals surface area contributed by atoms with Crippen LogP contribution < -0.4 is 5.73 Å². The Labute approximate surface area is 137 Å². The van der Waals surface area contributed by atoms with Crippen LogP contribution in [0.1, 0.15) is 38.3 Å². The molecule has 0 atom stereocenters. The van der Waals surface area contributed by atoms with Crippen molar-refractivity contribution in [2.24, 2.45) is 0 Å². The fourth-order valence-electron chi connectivity index (χ4n) is 2.49. The average molecular weight is 313 g/mol. The van der Waals surface area contributed by atoms with Crippen molar-refractivity contribution >= 4 is 17.4 Å². The number of nitriles is 1. The molecule has 0 spiro atoms. The predicted octanol–water partition coefficient (Wildman–Crippen LogP) is 3.36. The predicted molar refractivity (Wildman–Crippen MR) is 90.6 cm³/mol. The van der Waals surface area contributed by atoms with Crippen LogP contribution in [0.25, 0.3) is 5.57 Å². The molecule has 0 aromatic heterocycles. The van der Waals surface area contributed by atoms with Crippen LogP contribution in [0, 0.1) is 11.3 Å². The van der Waals surface area contributed by atoms with Gasteiger partial charge < -0.3 is 15.4 Å². The molecule has 122 valence electrons. The van der Waals surface area contributed by atoms with E-state index in [0.29, 0.717) is 25.2 Å². The van der Waals surface area contributed by atoms with Crippen molar-refractivity contribution in [2.75, 3.05) is 18.8 Å². The first-order chi connectivity index (χ1) is 10.8. The molecule has 5 nitrogen and oxygen atoms in total. The molecule has 0 saturated heterocycles. The summed E-state index contributed by atoms with van der Waals surface area (Å²) >= 11 is 0. The first-order valence-corrected chi connectivity index (χ1v) is 7.73. The zero-order valence-corrected chi connectivity index (χ0v) is 13.9. The Bertz CT molecular complexity index is 666. The minimum atomic E-state index is -0.489. The summed E-state index contributed by atoms with van der Waals surface area (Å²) < 4.78 is 5.39. The molecule has 2 rings (SSSR count). The highest BCUT2D eigenvalue weighted by atomic mass is 16.6. The summed E-state index contributed by atoms with van der Waals surface area (Å²) in [7, 11) is 0. The number of hydrogen-bond donors (Lipinski definition) is 1. The van der Waals surface area contributed by atoms with Crippen LogP contribution in [0.2, 0.25) is 0 Å². The third kappa shape index (κ3) is 4.49. The summed E-state index contributed by atoms with van der Waals surface area (Å²) in [5.41, 5.74) is 9.30. The lowest BCUT2D eigenvalue weighted by Crippen LogP contribution is -2.39. The summed E-state index contributed by atoms with van der Waals surface area (Å²) in [5.74, 6) is 0. The molecule has 1 aliphatic rings. The van der Waals surface area contributed by atoms with E-state index in [2.05, 4.69) is 6.07 Å². The molecule has 1 aromatic carbocycles. The van der Waals surface area contributed by atoms with Crippen LogP contribution in [0.5, 0.6) is 0 Å². The Morgan fingerprint density at radius 3 is 2.74 bits per heavy atom. The molecule has 0 saturated carbocycles. The summed E-state index contributed by atoms with van der Waals surface area (Å²) in [5, 5.41) is 8.82. The summed E-state index contributed by atoms with van der Waals surface area (Å²) in [6, 6.07) is 7.82. The molecule has 1 heterocycles. The van der Waals surface area contributed by atoms with Gasteiger partial charge in [0.15, 0.2) is 0 Å². The van der Waals surface area contributed by atoms with Crippen molar-refractivity contribution in [1.29, 1.82) is 5.26 Å². The van der Waals surface area contributed by atoms with E-state index >= 15 is 0 Å². The number of anilines is 1. The smallest absolute Gasteiger partial charge is 0.410 e. The van der Waals surface area contributed by atoms with Crippen molar-refractivity contribution in [3.05, 3.63) is 35.4 Å². The van der Waals surface area contributed by atoms with E-state index in [1.54, 1.807) is 4.90 Å². The van der Waals surface area contributed by atoms with Gasteiger partial charge in [0.2, 0.25) is 0 Å². The van der Waals surface area contributed by atoms with Crippen molar-refractivity contribution in [3.63, 3.8) is 0 Å². The molecule has 0 radical (unpaired) electrons. The molecule has 1 aromatic rings. The Hall–Kier alpha value is -2.48. The number of nitrogens with zero attached hydrogens (tertiary/aromatic N) is 2. The number of ether oxygens (including phenoxy) is 1. The van der Waals surface area contributed by atoms with Gasteiger partial charge in [0.05, 0.1) is 12.5 Å². The average Bonchev–Trinajstić information content (AvgIpc) is 2.48. The third-order valence-electron chi connectivity index (χ3n) is 3.61. The minimum Gasteiger partial charge on any atom is -0.444 e. The molecule has 0 unspecified atom stereocenters. The van der Waals surface area contributed by atoms with Crippen LogP contribution in [-0.2, 0) is 11.2 Å². The fourth-order valence-corrected chi connectivity index (χ4v) is 2.49. The van der Waals surface area contributed by atoms with Crippen LogP contribution in [-0.4, -0.2) is 29.7 Å². The second kappa shape index (κ2) is 6.74. The van der Waals surface area contributed by atoms with E-state index in [9.17, 15) is 4.79 Å². The van der Waals surface area contributed by atoms with Gasteiger partial charge in [-0.1, -0.05) is 12.1 Å². The Kier molecular flexibility index (Phi) is 4.95. The Balaban J connectivity index is 2.12. The summed E-state index contributed by atoms with van der Waals surface area (Å²) in [6.45, 7) is 6.68. The number of carbonyl (C=O) groups excluding carboxylic acids is 1. The van der Waals surface area contributed by atoms with E-state index in [4.69, 9.17) is 15.7 Å². The zero-order chi connectivity index (χ0) is 17.0. The van der Waals surface area contributed by atoms with Crippen molar-refractivity contribution in [3.8, 4) is 6.07 Å². The van der Waals surface area contributed by atoms with Crippen LogP contribution >= 0.6 is 0 Å². The number of rotatable bonds is 2. The minimum absolute atomic E-state index is 0.293. The van der Waals surface area contributed by atoms with E-state index in [0.717, 1.165) is 23.1 Å². The molecular weight excluding hydrogens is 290 g/mol. The SMILES string of the molecule is CC(C)(C)OC(=O)N1CC=C(c2cc(CC#N)ccc2N)CC1. The van der Waals surface area contributed by atoms with Crippen molar-refractivity contribution < 1.29 is 9.53 Å². The lowest BCUT2D eigenvalue weighted by Gasteiger charge is -2.30. The van der Waals surface area contributed by atoms with Crippen LogP contribution in [0.3, 0.4) is 0 Å². The van der Waals surface area contributed by atoms with Gasteiger partial charge in [0.25, 0.3) is 0 Å². The van der Waals surface area contributed by atoms with Gasteiger partial charge in [0, 0.05) is 24.3 Å². The maximum atomic E-state index is 12.1. The van der Waals surface area contributed by atoms with Gasteiger partial charge in [-0.3, -0.25) is 0 Å². The lowest BCUT2D eigenvalue weighted by molar-refractivity contribution is 0.0270. The van der Waals surface area contributed by atoms with Crippen LogP contribution in [0.4, 0.5) is 10.5 Å². The second-order valence-electron chi connectivity index (χ2n) is 6.66. The van der Waals surface area contributed by atoms with Gasteiger partial charge in [0.1, 0.15) is 5.60 Å². The number of benzene rings is 1. The lowest BCUT2D eigenvalue weighted by atomic mass is 9.95. The van der Waals surface area contributed by atoms with E-state index in [-0.39, 0.29) is 6.09 Å². The number of hydrogen-bond acceptors (Lipinski definition) is 4. The maximum absolute atomic E-state index is 12.1. The monoisotopic (exact) mass is 313 g/mol. The normalized spacial score (nSPS) is 14.9. The Morgan fingerprint density at radius 2 is 2.17 bits per heavy atom. The largest absolute Gasteiger partial charge is 0.444 e. The highest BCUT2D eigenvalue weighted by Crippen LogP contribution is 2.28. The zero-order valence-electron chi connectivity index (χ0n) is 13.9. The highest BCUT2D eigenvalue weighted by molar-refractivity contribution is 5.78. The van der Waals surface area contributed by atoms with Gasteiger partial charge in [-0.2, -0.15) is 5.26 Å². The number of carbonyl (C=O) groups is 1. The number of nitrogen functional groups attached to an aromatic ring is 1.